The second-order valence-corrected chi connectivity index (χ2v) is 6.47. The molecule has 2 aromatic carbocycles. The van der Waals surface area contributed by atoms with Gasteiger partial charge in [-0.15, -0.1) is 13.2 Å². The predicted molar refractivity (Wildman–Crippen MR) is 86.0 cm³/mol. The van der Waals surface area contributed by atoms with Gasteiger partial charge < -0.3 is 15.2 Å². The molecule has 0 aliphatic rings. The minimum absolute atomic E-state index is 0.0395. The summed E-state index contributed by atoms with van der Waals surface area (Å²) in [5, 5.41) is 0. The average Bonchev–Trinajstić information content (AvgIpc) is 2.45. The molecule has 6 nitrogen and oxygen atoms in total. The van der Waals surface area contributed by atoms with E-state index in [4.69, 9.17) is 10.5 Å². The van der Waals surface area contributed by atoms with Gasteiger partial charge in [-0.2, -0.15) is 0 Å². The monoisotopic (exact) mass is 376 g/mol. The van der Waals surface area contributed by atoms with Crippen molar-refractivity contribution in [3.05, 3.63) is 42.5 Å². The van der Waals surface area contributed by atoms with Crippen molar-refractivity contribution in [3.63, 3.8) is 0 Å². The van der Waals surface area contributed by atoms with Crippen LogP contribution in [-0.4, -0.2) is 21.4 Å². The van der Waals surface area contributed by atoms with Gasteiger partial charge in [0.05, 0.1) is 12.3 Å². The van der Waals surface area contributed by atoms with Crippen molar-refractivity contribution in [2.24, 2.45) is 0 Å². The maximum absolute atomic E-state index is 12.5. The molecule has 0 bridgehead atoms. The topological polar surface area (TPSA) is 90.7 Å². The molecule has 0 amide bonds. The Morgan fingerprint density at radius 1 is 1.16 bits per heavy atom. The highest BCUT2D eigenvalue weighted by molar-refractivity contribution is 7.92. The van der Waals surface area contributed by atoms with Gasteiger partial charge >= 0.3 is 6.36 Å². The summed E-state index contributed by atoms with van der Waals surface area (Å²) in [6, 6.07) is 8.47. The first-order valence-corrected chi connectivity index (χ1v) is 8.50. The number of halogens is 3. The lowest BCUT2D eigenvalue weighted by atomic mass is 10.3. The van der Waals surface area contributed by atoms with Crippen LogP contribution in [0.25, 0.3) is 0 Å². The van der Waals surface area contributed by atoms with Crippen LogP contribution in [0.4, 0.5) is 24.5 Å². The lowest BCUT2D eigenvalue weighted by Gasteiger charge is -2.14. The van der Waals surface area contributed by atoms with Crippen LogP contribution >= 0.6 is 0 Å². The molecule has 0 spiro atoms. The second kappa shape index (κ2) is 7.09. The Bertz CT molecular complexity index is 854. The zero-order chi connectivity index (χ0) is 18.7. The molecular formula is C15H15F3N2O4S. The van der Waals surface area contributed by atoms with E-state index in [9.17, 15) is 21.6 Å². The van der Waals surface area contributed by atoms with Crippen molar-refractivity contribution >= 4 is 21.4 Å². The van der Waals surface area contributed by atoms with Crippen molar-refractivity contribution in [3.8, 4) is 11.5 Å². The summed E-state index contributed by atoms with van der Waals surface area (Å²) >= 11 is 0. The zero-order valence-electron chi connectivity index (χ0n) is 13.0. The van der Waals surface area contributed by atoms with E-state index in [1.807, 2.05) is 0 Å². The third-order valence-electron chi connectivity index (χ3n) is 2.88. The van der Waals surface area contributed by atoms with Crippen LogP contribution in [0.3, 0.4) is 0 Å². The molecule has 2 rings (SSSR count). The largest absolute Gasteiger partial charge is 0.573 e. The van der Waals surface area contributed by atoms with Gasteiger partial charge in [0.2, 0.25) is 0 Å². The lowest BCUT2D eigenvalue weighted by molar-refractivity contribution is -0.274. The number of nitrogen functional groups attached to an aromatic ring is 1. The van der Waals surface area contributed by atoms with Crippen molar-refractivity contribution in [2.45, 2.75) is 18.2 Å². The number of alkyl halides is 3. The normalized spacial score (nSPS) is 11.8. The van der Waals surface area contributed by atoms with Gasteiger partial charge in [0.15, 0.2) is 0 Å². The maximum atomic E-state index is 12.5. The van der Waals surface area contributed by atoms with Crippen molar-refractivity contribution in [2.75, 3.05) is 17.1 Å². The van der Waals surface area contributed by atoms with Gasteiger partial charge in [0, 0.05) is 17.8 Å². The molecule has 0 saturated heterocycles. The van der Waals surface area contributed by atoms with E-state index < -0.39 is 22.1 Å². The molecule has 0 aliphatic carbocycles. The molecule has 136 valence electrons. The number of rotatable bonds is 6. The summed E-state index contributed by atoms with van der Waals surface area (Å²) in [7, 11) is -4.11. The van der Waals surface area contributed by atoms with Crippen LogP contribution in [0.1, 0.15) is 6.92 Å². The predicted octanol–water partition coefficient (Wildman–Crippen LogP) is 3.37. The van der Waals surface area contributed by atoms with Crippen LogP contribution < -0.4 is 19.9 Å². The third kappa shape index (κ3) is 5.18. The summed E-state index contributed by atoms with van der Waals surface area (Å²) in [6.07, 6.45) is -4.88. The van der Waals surface area contributed by atoms with Crippen molar-refractivity contribution in [1.82, 2.24) is 0 Å². The van der Waals surface area contributed by atoms with Crippen molar-refractivity contribution in [1.29, 1.82) is 0 Å². The smallest absolute Gasteiger partial charge is 0.492 e. The highest BCUT2D eigenvalue weighted by Crippen LogP contribution is 2.30. The fourth-order valence-corrected chi connectivity index (χ4v) is 3.16. The number of ether oxygens (including phenoxy) is 2. The molecule has 0 aromatic heterocycles. The summed E-state index contributed by atoms with van der Waals surface area (Å²) in [5.74, 6) is -0.507. The molecule has 10 heteroatoms. The second-order valence-electron chi connectivity index (χ2n) is 4.82. The van der Waals surface area contributed by atoms with E-state index >= 15 is 0 Å². The molecule has 0 saturated carbocycles. The number of hydrogen-bond acceptors (Lipinski definition) is 5. The van der Waals surface area contributed by atoms with Gasteiger partial charge in [-0.1, -0.05) is 6.07 Å². The van der Waals surface area contributed by atoms with E-state index in [1.54, 1.807) is 6.92 Å². The lowest BCUT2D eigenvalue weighted by Crippen LogP contribution is -2.18. The quantitative estimate of drug-likeness (QED) is 0.755. The molecule has 0 radical (unpaired) electrons. The minimum atomic E-state index is -4.88. The average molecular weight is 376 g/mol. The highest BCUT2D eigenvalue weighted by Gasteiger charge is 2.31. The number of hydrogen-bond donors (Lipinski definition) is 2. The van der Waals surface area contributed by atoms with E-state index in [-0.39, 0.29) is 22.9 Å². The maximum Gasteiger partial charge on any atom is 0.573 e. The number of nitrogens with two attached hydrogens (primary N) is 1. The Kier molecular flexibility index (Phi) is 5.31. The SMILES string of the molecule is CCOc1cc(N)ccc1S(=O)(=O)Nc1cccc(OC(F)(F)F)c1. The molecule has 25 heavy (non-hydrogen) atoms. The molecule has 0 atom stereocenters. The van der Waals surface area contributed by atoms with E-state index in [0.29, 0.717) is 5.69 Å². The van der Waals surface area contributed by atoms with Crippen LogP contribution in [0, 0.1) is 0 Å². The Morgan fingerprint density at radius 2 is 1.88 bits per heavy atom. The van der Waals surface area contributed by atoms with Gasteiger partial charge in [0.25, 0.3) is 10.0 Å². The Hall–Kier alpha value is -2.62. The highest BCUT2D eigenvalue weighted by atomic mass is 32.2. The standard InChI is InChI=1S/C15H15F3N2O4S/c1-2-23-13-8-10(19)6-7-14(13)25(21,22)20-11-4-3-5-12(9-11)24-15(16,17)18/h3-9,20H,2,19H2,1H3. The first-order valence-electron chi connectivity index (χ1n) is 7.01. The molecule has 0 fully saturated rings. The van der Waals surface area contributed by atoms with Crippen LogP contribution in [0.15, 0.2) is 47.4 Å². The molecular weight excluding hydrogens is 361 g/mol. The van der Waals surface area contributed by atoms with Crippen LogP contribution in [0.5, 0.6) is 11.5 Å². The molecule has 0 aliphatic heterocycles. The molecule has 2 aromatic rings. The summed E-state index contributed by atoms with van der Waals surface area (Å²) < 4.78 is 73.0. The Balaban J connectivity index is 2.32. The Morgan fingerprint density at radius 3 is 2.52 bits per heavy atom. The van der Waals surface area contributed by atoms with Gasteiger partial charge in [-0.3, -0.25) is 4.72 Å². The first kappa shape index (κ1) is 18.7. The fraction of sp³-hybridized carbons (Fsp3) is 0.200. The molecule has 0 heterocycles. The number of nitrogens with one attached hydrogen (secondary N) is 1. The van der Waals surface area contributed by atoms with E-state index in [0.717, 1.165) is 12.1 Å². The number of anilines is 2. The number of sulfonamides is 1. The third-order valence-corrected chi connectivity index (χ3v) is 4.30. The fourth-order valence-electron chi connectivity index (χ4n) is 1.98. The zero-order valence-corrected chi connectivity index (χ0v) is 13.8. The van der Waals surface area contributed by atoms with Crippen LogP contribution in [-0.2, 0) is 10.0 Å². The minimum Gasteiger partial charge on any atom is -0.492 e. The van der Waals surface area contributed by atoms with E-state index in [1.165, 1.54) is 30.3 Å². The van der Waals surface area contributed by atoms with E-state index in [2.05, 4.69) is 9.46 Å². The first-order chi connectivity index (χ1) is 11.6. The number of benzene rings is 2. The van der Waals surface area contributed by atoms with Gasteiger partial charge in [-0.25, -0.2) is 8.42 Å². The van der Waals surface area contributed by atoms with Gasteiger partial charge in [-0.05, 0) is 31.2 Å². The Labute approximate surface area is 142 Å². The molecule has 3 N–H and O–H groups in total. The summed E-state index contributed by atoms with van der Waals surface area (Å²) in [4.78, 5) is -0.189. The van der Waals surface area contributed by atoms with Crippen LogP contribution in [0.2, 0.25) is 0 Å². The molecule has 0 unspecified atom stereocenters. The van der Waals surface area contributed by atoms with Gasteiger partial charge in [0.1, 0.15) is 16.4 Å². The summed E-state index contributed by atoms with van der Waals surface area (Å²) in [6.45, 7) is 1.88. The summed E-state index contributed by atoms with van der Waals surface area (Å²) in [5.41, 5.74) is 5.83. The van der Waals surface area contributed by atoms with Crippen molar-refractivity contribution < 1.29 is 31.1 Å².